The van der Waals surface area contributed by atoms with Crippen molar-refractivity contribution in [3.8, 4) is 5.75 Å². The number of azide groups is 1. The van der Waals surface area contributed by atoms with E-state index in [1.165, 1.54) is 0 Å². The maximum atomic E-state index is 8.41. The van der Waals surface area contributed by atoms with Gasteiger partial charge in [0.2, 0.25) is 0 Å². The summed E-state index contributed by atoms with van der Waals surface area (Å²) in [4.78, 5) is 2.80. The lowest BCUT2D eigenvalue weighted by atomic mass is 10.2. The third-order valence-corrected chi connectivity index (χ3v) is 2.86. The van der Waals surface area contributed by atoms with E-state index in [0.717, 1.165) is 16.9 Å². The Labute approximate surface area is 111 Å². The van der Waals surface area contributed by atoms with Crippen LogP contribution in [0.4, 0.5) is 0 Å². The standard InChI is InChI=1S/C13H15N5O/c1-10(16-17-14)12-7-15-18(9-12)8-11-3-5-13(19-2)6-4-11/h3-7,9-10H,8H2,1-2H3. The predicted molar refractivity (Wildman–Crippen MR) is 71.9 cm³/mol. The van der Waals surface area contributed by atoms with Crippen LogP contribution in [-0.2, 0) is 6.54 Å². The highest BCUT2D eigenvalue weighted by Gasteiger charge is 2.06. The SMILES string of the molecule is COc1ccc(Cn2cc(C(C)N=[N+]=[N-])cn2)cc1. The largest absolute Gasteiger partial charge is 0.497 e. The predicted octanol–water partition coefficient (Wildman–Crippen LogP) is 3.31. The number of nitrogens with zero attached hydrogens (tertiary/aromatic N) is 5. The zero-order valence-corrected chi connectivity index (χ0v) is 10.9. The summed E-state index contributed by atoms with van der Waals surface area (Å²) in [7, 11) is 1.64. The normalized spacial score (nSPS) is 11.7. The molecule has 0 aliphatic rings. The van der Waals surface area contributed by atoms with Crippen LogP contribution in [0.5, 0.6) is 5.75 Å². The van der Waals surface area contributed by atoms with Crippen molar-refractivity contribution in [2.24, 2.45) is 5.11 Å². The molecule has 1 atom stereocenters. The van der Waals surface area contributed by atoms with Gasteiger partial charge >= 0.3 is 0 Å². The number of rotatable bonds is 5. The second kappa shape index (κ2) is 5.93. The van der Waals surface area contributed by atoms with Crippen molar-refractivity contribution in [3.63, 3.8) is 0 Å². The average Bonchev–Trinajstić information content (AvgIpc) is 2.88. The summed E-state index contributed by atoms with van der Waals surface area (Å²) in [5.74, 6) is 0.835. The Balaban J connectivity index is 2.08. The van der Waals surface area contributed by atoms with Crippen molar-refractivity contribution >= 4 is 0 Å². The lowest BCUT2D eigenvalue weighted by Crippen LogP contribution is -1.99. The Bertz CT molecular complexity index is 583. The number of aromatic nitrogens is 2. The first kappa shape index (κ1) is 13.0. The van der Waals surface area contributed by atoms with Crippen molar-refractivity contribution in [1.29, 1.82) is 0 Å². The Morgan fingerprint density at radius 1 is 1.42 bits per heavy atom. The molecule has 19 heavy (non-hydrogen) atoms. The fourth-order valence-corrected chi connectivity index (χ4v) is 1.74. The third kappa shape index (κ3) is 3.26. The second-order valence-corrected chi connectivity index (χ2v) is 4.20. The number of benzene rings is 1. The molecule has 0 saturated carbocycles. The van der Waals surface area contributed by atoms with Crippen molar-refractivity contribution in [3.05, 3.63) is 58.2 Å². The molecule has 2 aromatic rings. The number of ether oxygens (including phenoxy) is 1. The van der Waals surface area contributed by atoms with E-state index in [4.69, 9.17) is 10.3 Å². The van der Waals surface area contributed by atoms with E-state index < -0.39 is 0 Å². The fraction of sp³-hybridized carbons (Fsp3) is 0.308. The van der Waals surface area contributed by atoms with Gasteiger partial charge in [0.1, 0.15) is 5.75 Å². The highest BCUT2D eigenvalue weighted by Crippen LogP contribution is 2.17. The molecule has 0 fully saturated rings. The highest BCUT2D eigenvalue weighted by molar-refractivity contribution is 5.27. The van der Waals surface area contributed by atoms with E-state index in [-0.39, 0.29) is 6.04 Å². The minimum absolute atomic E-state index is 0.199. The highest BCUT2D eigenvalue weighted by atomic mass is 16.5. The van der Waals surface area contributed by atoms with E-state index in [0.29, 0.717) is 6.54 Å². The fourth-order valence-electron chi connectivity index (χ4n) is 1.74. The van der Waals surface area contributed by atoms with Crippen molar-refractivity contribution in [2.75, 3.05) is 7.11 Å². The molecule has 0 spiro atoms. The number of hydrogen-bond acceptors (Lipinski definition) is 3. The summed E-state index contributed by atoms with van der Waals surface area (Å²) >= 11 is 0. The smallest absolute Gasteiger partial charge is 0.118 e. The van der Waals surface area contributed by atoms with Gasteiger partial charge in [0.25, 0.3) is 0 Å². The van der Waals surface area contributed by atoms with E-state index in [1.54, 1.807) is 13.3 Å². The molecule has 0 aliphatic heterocycles. The van der Waals surface area contributed by atoms with Crippen LogP contribution >= 0.6 is 0 Å². The van der Waals surface area contributed by atoms with Crippen LogP contribution in [0.15, 0.2) is 41.8 Å². The van der Waals surface area contributed by atoms with Gasteiger partial charge in [-0.05, 0) is 28.8 Å². The van der Waals surface area contributed by atoms with E-state index in [1.807, 2.05) is 42.1 Å². The molecule has 0 amide bonds. The van der Waals surface area contributed by atoms with Crippen molar-refractivity contribution in [1.82, 2.24) is 9.78 Å². The van der Waals surface area contributed by atoms with Gasteiger partial charge in [0.05, 0.1) is 25.9 Å². The molecule has 98 valence electrons. The first-order chi connectivity index (χ1) is 9.22. The van der Waals surface area contributed by atoms with Gasteiger partial charge in [0.15, 0.2) is 0 Å². The minimum atomic E-state index is -0.199. The molecule has 6 nitrogen and oxygen atoms in total. The molecule has 0 radical (unpaired) electrons. The minimum Gasteiger partial charge on any atom is -0.497 e. The summed E-state index contributed by atoms with van der Waals surface area (Å²) in [5.41, 5.74) is 10.4. The molecule has 0 saturated heterocycles. The van der Waals surface area contributed by atoms with Gasteiger partial charge in [-0.1, -0.05) is 24.2 Å². The molecule has 1 aromatic carbocycles. The van der Waals surface area contributed by atoms with Gasteiger partial charge in [-0.2, -0.15) is 5.10 Å². The molecule has 0 bridgehead atoms. The molecule has 1 unspecified atom stereocenters. The van der Waals surface area contributed by atoms with Crippen molar-refractivity contribution < 1.29 is 4.74 Å². The van der Waals surface area contributed by atoms with Gasteiger partial charge in [-0.15, -0.1) is 0 Å². The maximum absolute atomic E-state index is 8.41. The number of hydrogen-bond donors (Lipinski definition) is 0. The van der Waals surface area contributed by atoms with Gasteiger partial charge in [-0.3, -0.25) is 4.68 Å². The molecule has 1 aromatic heterocycles. The summed E-state index contributed by atoms with van der Waals surface area (Å²) in [6.45, 7) is 2.52. The molecular formula is C13H15N5O. The van der Waals surface area contributed by atoms with Crippen LogP contribution < -0.4 is 4.74 Å². The Hall–Kier alpha value is -2.46. The molecule has 0 N–H and O–H groups in total. The Kier molecular flexibility index (Phi) is 4.05. The third-order valence-electron chi connectivity index (χ3n) is 2.86. The second-order valence-electron chi connectivity index (χ2n) is 4.20. The van der Waals surface area contributed by atoms with Crippen LogP contribution in [0, 0.1) is 0 Å². The van der Waals surface area contributed by atoms with Crippen LogP contribution in [-0.4, -0.2) is 16.9 Å². The first-order valence-electron chi connectivity index (χ1n) is 5.92. The topological polar surface area (TPSA) is 75.8 Å². The summed E-state index contributed by atoms with van der Waals surface area (Å²) < 4.78 is 6.93. The van der Waals surface area contributed by atoms with Crippen LogP contribution in [0.1, 0.15) is 24.1 Å². The van der Waals surface area contributed by atoms with Crippen molar-refractivity contribution in [2.45, 2.75) is 19.5 Å². The van der Waals surface area contributed by atoms with Gasteiger partial charge in [-0.25, -0.2) is 0 Å². The molecular weight excluding hydrogens is 242 g/mol. The monoisotopic (exact) mass is 257 g/mol. The average molecular weight is 257 g/mol. The van der Waals surface area contributed by atoms with Gasteiger partial charge < -0.3 is 4.74 Å². The summed E-state index contributed by atoms with van der Waals surface area (Å²) in [5, 5.41) is 7.91. The zero-order valence-electron chi connectivity index (χ0n) is 10.9. The van der Waals surface area contributed by atoms with E-state index >= 15 is 0 Å². The maximum Gasteiger partial charge on any atom is 0.118 e. The molecule has 0 aliphatic carbocycles. The Morgan fingerprint density at radius 3 is 2.79 bits per heavy atom. The Morgan fingerprint density at radius 2 is 2.16 bits per heavy atom. The molecule has 6 heteroatoms. The lowest BCUT2D eigenvalue weighted by Gasteiger charge is -2.04. The first-order valence-corrected chi connectivity index (χ1v) is 5.92. The molecule has 2 rings (SSSR count). The number of methoxy groups -OCH3 is 1. The van der Waals surface area contributed by atoms with Crippen LogP contribution in [0.2, 0.25) is 0 Å². The quantitative estimate of drug-likeness (QED) is 0.468. The summed E-state index contributed by atoms with van der Waals surface area (Å²) in [6.07, 6.45) is 3.62. The zero-order chi connectivity index (χ0) is 13.7. The van der Waals surface area contributed by atoms with E-state index in [2.05, 4.69) is 15.1 Å². The van der Waals surface area contributed by atoms with E-state index in [9.17, 15) is 0 Å². The van der Waals surface area contributed by atoms with Crippen LogP contribution in [0.3, 0.4) is 0 Å². The molecule has 1 heterocycles. The van der Waals surface area contributed by atoms with Crippen LogP contribution in [0.25, 0.3) is 10.4 Å². The van der Waals surface area contributed by atoms with Gasteiger partial charge in [0, 0.05) is 11.1 Å². The lowest BCUT2D eigenvalue weighted by molar-refractivity contribution is 0.414. The summed E-state index contributed by atoms with van der Waals surface area (Å²) in [6, 6.07) is 7.63.